The number of fused-ring (bicyclic) bond motifs is 1. The van der Waals surface area contributed by atoms with Gasteiger partial charge in [0.15, 0.2) is 0 Å². The molecular weight excluding hydrogens is 428 g/mol. The molecule has 2 atom stereocenters. The van der Waals surface area contributed by atoms with Gasteiger partial charge in [0.05, 0.1) is 11.4 Å². The monoisotopic (exact) mass is 454 g/mol. The molecule has 4 nitrogen and oxygen atoms in total. The van der Waals surface area contributed by atoms with Crippen molar-refractivity contribution >= 4 is 35.0 Å². The quantitative estimate of drug-likeness (QED) is 0.517. The number of carbonyl (C=O) groups is 2. The Hall–Kier alpha value is -3.05. The van der Waals surface area contributed by atoms with Crippen molar-refractivity contribution in [1.29, 1.82) is 0 Å². The molecule has 166 valence electrons. The Balaban J connectivity index is 1.64. The van der Waals surface area contributed by atoms with E-state index < -0.39 is 10.4 Å². The molecule has 0 N–H and O–H groups in total. The van der Waals surface area contributed by atoms with E-state index in [-0.39, 0.29) is 23.0 Å². The third-order valence-electron chi connectivity index (χ3n) is 7.50. The van der Waals surface area contributed by atoms with E-state index in [2.05, 4.69) is 57.2 Å². The summed E-state index contributed by atoms with van der Waals surface area (Å²) >= 11 is 1.45. The van der Waals surface area contributed by atoms with E-state index in [1.807, 2.05) is 47.4 Å². The lowest BCUT2D eigenvalue weighted by molar-refractivity contribution is -0.124. The van der Waals surface area contributed by atoms with E-state index in [9.17, 15) is 9.59 Å². The molecular formula is C28H26N2O2S. The van der Waals surface area contributed by atoms with Crippen LogP contribution in [0.5, 0.6) is 0 Å². The summed E-state index contributed by atoms with van der Waals surface area (Å²) in [6.45, 7) is 6.59. The van der Waals surface area contributed by atoms with Gasteiger partial charge in [0.25, 0.3) is 5.91 Å². The van der Waals surface area contributed by atoms with Crippen LogP contribution < -0.4 is 9.80 Å². The minimum absolute atomic E-state index is 0.00948. The summed E-state index contributed by atoms with van der Waals surface area (Å²) < 4.78 is 0. The minimum Gasteiger partial charge on any atom is -0.303 e. The number of hydrogen-bond donors (Lipinski definition) is 0. The number of carbonyl (C=O) groups excluding carboxylic acids is 2. The standard InChI is InChI=1S/C28H26N2O2S/c1-26(2)18-27(3,19-11-6-4-7-12-19)21-15-10-16-22-24(21)30(26)25(32)28(22)29(23(31)17-33-28)20-13-8-5-9-14-20/h4-16H,17-18H2,1-3H3/t27-,28-/m1/s1. The molecule has 0 bridgehead atoms. The summed E-state index contributed by atoms with van der Waals surface area (Å²) in [5, 5.41) is 0. The van der Waals surface area contributed by atoms with Gasteiger partial charge in [0.2, 0.25) is 10.8 Å². The number of para-hydroxylation sites is 2. The average molecular weight is 455 g/mol. The summed E-state index contributed by atoms with van der Waals surface area (Å²) in [5.41, 5.74) is 4.42. The maximum atomic E-state index is 14.4. The molecule has 0 aliphatic carbocycles. The summed E-state index contributed by atoms with van der Waals surface area (Å²) in [4.78, 5) is 30.3. The number of amides is 2. The van der Waals surface area contributed by atoms with Crippen molar-refractivity contribution in [3.05, 3.63) is 95.6 Å². The first-order valence-electron chi connectivity index (χ1n) is 11.4. The maximum Gasteiger partial charge on any atom is 0.269 e. The molecule has 1 saturated heterocycles. The highest BCUT2D eigenvalue weighted by Gasteiger charge is 2.65. The average Bonchev–Trinajstić information content (AvgIpc) is 3.29. The lowest BCUT2D eigenvalue weighted by atomic mass is 9.65. The number of rotatable bonds is 2. The minimum atomic E-state index is -1.07. The molecule has 0 unspecified atom stereocenters. The second-order valence-electron chi connectivity index (χ2n) is 10.0. The Morgan fingerprint density at radius 1 is 0.758 bits per heavy atom. The van der Waals surface area contributed by atoms with Crippen molar-refractivity contribution in [2.45, 2.75) is 43.0 Å². The van der Waals surface area contributed by atoms with Crippen LogP contribution in [0.1, 0.15) is 43.9 Å². The predicted molar refractivity (Wildman–Crippen MR) is 134 cm³/mol. The first-order chi connectivity index (χ1) is 15.8. The van der Waals surface area contributed by atoms with E-state index in [1.54, 1.807) is 4.90 Å². The lowest BCUT2D eigenvalue weighted by Crippen LogP contribution is -2.58. The van der Waals surface area contributed by atoms with Crippen LogP contribution in [0.3, 0.4) is 0 Å². The first-order valence-corrected chi connectivity index (χ1v) is 12.4. The SMILES string of the molecule is CC1(C)C[C@](C)(c2ccccc2)c2cccc3c2N1C(=O)[C@]31SCC(=O)N1c1ccccc1. The van der Waals surface area contributed by atoms with Crippen molar-refractivity contribution in [2.24, 2.45) is 0 Å². The summed E-state index contributed by atoms with van der Waals surface area (Å²) in [6, 6.07) is 26.4. The number of thioether (sulfide) groups is 1. The summed E-state index contributed by atoms with van der Waals surface area (Å²) in [5.74, 6) is 0.250. The Kier molecular flexibility index (Phi) is 4.19. The smallest absolute Gasteiger partial charge is 0.269 e. The van der Waals surface area contributed by atoms with Crippen LogP contribution in [-0.2, 0) is 19.9 Å². The van der Waals surface area contributed by atoms with Crippen molar-refractivity contribution in [1.82, 2.24) is 0 Å². The van der Waals surface area contributed by atoms with Crippen LogP contribution in [-0.4, -0.2) is 23.1 Å². The number of nitrogens with zero attached hydrogens (tertiary/aromatic N) is 2. The van der Waals surface area contributed by atoms with Gasteiger partial charge in [-0.05, 0) is 43.5 Å². The fourth-order valence-corrected chi connectivity index (χ4v) is 7.61. The van der Waals surface area contributed by atoms with Gasteiger partial charge in [-0.25, -0.2) is 0 Å². The second kappa shape index (κ2) is 6.73. The number of anilines is 2. The van der Waals surface area contributed by atoms with Crippen molar-refractivity contribution < 1.29 is 9.59 Å². The van der Waals surface area contributed by atoms with Gasteiger partial charge < -0.3 is 4.90 Å². The van der Waals surface area contributed by atoms with E-state index in [0.717, 1.165) is 28.9 Å². The van der Waals surface area contributed by atoms with Gasteiger partial charge in [-0.15, -0.1) is 11.8 Å². The van der Waals surface area contributed by atoms with Gasteiger partial charge in [0.1, 0.15) is 0 Å². The normalized spacial score (nSPS) is 27.4. The Bertz CT molecular complexity index is 1290. The maximum absolute atomic E-state index is 14.4. The molecule has 2 amide bonds. The van der Waals surface area contributed by atoms with Gasteiger partial charge in [-0.2, -0.15) is 0 Å². The second-order valence-corrected chi connectivity index (χ2v) is 11.2. The Morgan fingerprint density at radius 3 is 2.09 bits per heavy atom. The largest absolute Gasteiger partial charge is 0.303 e. The van der Waals surface area contributed by atoms with Crippen LogP contribution in [0.2, 0.25) is 0 Å². The Labute approximate surface area is 198 Å². The van der Waals surface area contributed by atoms with Crippen LogP contribution in [0, 0.1) is 0 Å². The highest BCUT2D eigenvalue weighted by atomic mass is 32.2. The molecule has 0 aromatic heterocycles. The highest BCUT2D eigenvalue weighted by molar-refractivity contribution is 8.02. The molecule has 1 fully saturated rings. The van der Waals surface area contributed by atoms with E-state index in [1.165, 1.54) is 17.3 Å². The molecule has 0 radical (unpaired) electrons. The molecule has 1 spiro atoms. The molecule has 3 aromatic rings. The summed E-state index contributed by atoms with van der Waals surface area (Å²) in [7, 11) is 0. The third-order valence-corrected chi connectivity index (χ3v) is 8.88. The zero-order valence-corrected chi connectivity index (χ0v) is 19.9. The van der Waals surface area contributed by atoms with Crippen molar-refractivity contribution in [2.75, 3.05) is 15.6 Å². The molecule has 0 saturated carbocycles. The zero-order valence-electron chi connectivity index (χ0n) is 19.0. The predicted octanol–water partition coefficient (Wildman–Crippen LogP) is 5.45. The molecule has 3 heterocycles. The van der Waals surface area contributed by atoms with Gasteiger partial charge in [-0.1, -0.05) is 73.7 Å². The van der Waals surface area contributed by atoms with Crippen molar-refractivity contribution in [3.8, 4) is 0 Å². The van der Waals surface area contributed by atoms with Crippen LogP contribution in [0.4, 0.5) is 11.4 Å². The fraction of sp³-hybridized carbons (Fsp3) is 0.286. The summed E-state index contributed by atoms with van der Waals surface area (Å²) in [6.07, 6.45) is 0.798. The van der Waals surface area contributed by atoms with Crippen LogP contribution in [0.25, 0.3) is 0 Å². The van der Waals surface area contributed by atoms with Crippen LogP contribution in [0.15, 0.2) is 78.9 Å². The lowest BCUT2D eigenvalue weighted by Gasteiger charge is -2.50. The van der Waals surface area contributed by atoms with Gasteiger partial charge >= 0.3 is 0 Å². The topological polar surface area (TPSA) is 40.6 Å². The Morgan fingerprint density at radius 2 is 1.39 bits per heavy atom. The van der Waals surface area contributed by atoms with Crippen LogP contribution >= 0.6 is 11.8 Å². The molecule has 3 aliphatic rings. The molecule has 5 heteroatoms. The van der Waals surface area contributed by atoms with Gasteiger partial charge in [-0.3, -0.25) is 14.5 Å². The first kappa shape index (κ1) is 20.5. The van der Waals surface area contributed by atoms with Gasteiger partial charge in [0, 0.05) is 22.2 Å². The molecule has 3 aromatic carbocycles. The van der Waals surface area contributed by atoms with E-state index >= 15 is 0 Å². The number of benzene rings is 3. The van der Waals surface area contributed by atoms with E-state index in [4.69, 9.17) is 0 Å². The molecule has 3 aliphatic heterocycles. The fourth-order valence-electron chi connectivity index (χ4n) is 6.28. The zero-order chi connectivity index (χ0) is 23.0. The van der Waals surface area contributed by atoms with Crippen molar-refractivity contribution in [3.63, 3.8) is 0 Å². The highest BCUT2D eigenvalue weighted by Crippen LogP contribution is 2.62. The third kappa shape index (κ3) is 2.54. The van der Waals surface area contributed by atoms with E-state index in [0.29, 0.717) is 0 Å². The number of hydrogen-bond acceptors (Lipinski definition) is 3. The molecule has 6 rings (SSSR count). The molecule has 33 heavy (non-hydrogen) atoms.